The lowest BCUT2D eigenvalue weighted by Crippen LogP contribution is -2.34. The van der Waals surface area contributed by atoms with Gasteiger partial charge in [0.15, 0.2) is 0 Å². The monoisotopic (exact) mass is 275 g/mol. The molecule has 3 rings (SSSR count). The minimum Gasteiger partial charge on any atom is -0.491 e. The van der Waals surface area contributed by atoms with Crippen LogP contribution in [0.5, 0.6) is 5.75 Å². The molecule has 110 valence electrons. The smallest absolute Gasteiger partial charge is 0.119 e. The number of hydrogen-bond donors (Lipinski definition) is 1. The van der Waals surface area contributed by atoms with Gasteiger partial charge in [-0.25, -0.2) is 0 Å². The molecular weight excluding hydrogens is 250 g/mol. The van der Waals surface area contributed by atoms with Crippen LogP contribution in [0.15, 0.2) is 24.3 Å². The van der Waals surface area contributed by atoms with E-state index >= 15 is 0 Å². The Kier molecular flexibility index (Phi) is 4.27. The minimum absolute atomic E-state index is 0.384. The Balaban J connectivity index is 1.41. The van der Waals surface area contributed by atoms with Gasteiger partial charge in [-0.15, -0.1) is 0 Å². The van der Waals surface area contributed by atoms with Gasteiger partial charge in [-0.2, -0.15) is 0 Å². The molecule has 0 radical (unpaired) electrons. The summed E-state index contributed by atoms with van der Waals surface area (Å²) in [5, 5.41) is 10.1. The van der Waals surface area contributed by atoms with E-state index in [0.29, 0.717) is 6.61 Å². The Morgan fingerprint density at radius 1 is 1.20 bits per heavy atom. The molecule has 0 bridgehead atoms. The molecule has 0 spiro atoms. The fourth-order valence-corrected chi connectivity index (χ4v) is 3.66. The molecule has 3 heteroatoms. The molecular formula is C17H25NO2. The number of hydrogen-bond acceptors (Lipinski definition) is 3. The zero-order chi connectivity index (χ0) is 13.9. The van der Waals surface area contributed by atoms with Gasteiger partial charge in [0.1, 0.15) is 18.5 Å². The molecule has 3 unspecified atom stereocenters. The second kappa shape index (κ2) is 6.15. The van der Waals surface area contributed by atoms with Crippen molar-refractivity contribution in [2.24, 2.45) is 11.8 Å². The summed E-state index contributed by atoms with van der Waals surface area (Å²) in [6.07, 6.45) is 3.78. The van der Waals surface area contributed by atoms with Crippen LogP contribution < -0.4 is 4.74 Å². The van der Waals surface area contributed by atoms with Gasteiger partial charge >= 0.3 is 0 Å². The van der Waals surface area contributed by atoms with Gasteiger partial charge < -0.3 is 14.7 Å². The number of β-amino-alcohol motifs (C(OH)–C–C–N with tert-alkyl or cyclic N) is 1. The maximum Gasteiger partial charge on any atom is 0.119 e. The first-order valence-electron chi connectivity index (χ1n) is 7.80. The molecule has 1 aliphatic heterocycles. The van der Waals surface area contributed by atoms with E-state index in [4.69, 9.17) is 4.74 Å². The highest BCUT2D eigenvalue weighted by Crippen LogP contribution is 2.37. The molecule has 2 fully saturated rings. The number of fused-ring (bicyclic) bond motifs is 1. The highest BCUT2D eigenvalue weighted by molar-refractivity contribution is 5.26. The summed E-state index contributed by atoms with van der Waals surface area (Å²) < 4.78 is 5.65. The molecule has 1 aromatic rings. The van der Waals surface area contributed by atoms with E-state index in [0.717, 1.165) is 24.1 Å². The number of rotatable bonds is 5. The molecule has 1 saturated heterocycles. The average Bonchev–Trinajstić information content (AvgIpc) is 2.99. The van der Waals surface area contributed by atoms with E-state index < -0.39 is 6.10 Å². The van der Waals surface area contributed by atoms with Crippen molar-refractivity contribution in [3.05, 3.63) is 29.8 Å². The van der Waals surface area contributed by atoms with Crippen LogP contribution in [0.3, 0.4) is 0 Å². The van der Waals surface area contributed by atoms with Crippen molar-refractivity contribution in [2.45, 2.75) is 32.3 Å². The van der Waals surface area contributed by atoms with Gasteiger partial charge in [0.25, 0.3) is 0 Å². The maximum absolute atomic E-state index is 10.1. The van der Waals surface area contributed by atoms with E-state index in [1.807, 2.05) is 24.3 Å². The quantitative estimate of drug-likeness (QED) is 0.896. The van der Waals surface area contributed by atoms with E-state index in [1.54, 1.807) is 0 Å². The number of aliphatic hydroxyl groups excluding tert-OH is 1. The average molecular weight is 275 g/mol. The molecule has 20 heavy (non-hydrogen) atoms. The Hall–Kier alpha value is -1.06. The third-order valence-corrected chi connectivity index (χ3v) is 4.73. The largest absolute Gasteiger partial charge is 0.491 e. The number of aryl methyl sites for hydroxylation is 1. The van der Waals surface area contributed by atoms with Crippen molar-refractivity contribution in [3.8, 4) is 5.75 Å². The molecule has 2 aliphatic rings. The minimum atomic E-state index is -0.393. The summed E-state index contributed by atoms with van der Waals surface area (Å²) in [7, 11) is 0. The van der Waals surface area contributed by atoms with Crippen LogP contribution in [0.25, 0.3) is 0 Å². The molecule has 0 amide bonds. The maximum atomic E-state index is 10.1. The molecule has 1 N–H and O–H groups in total. The highest BCUT2D eigenvalue weighted by Gasteiger charge is 2.36. The fraction of sp³-hybridized carbons (Fsp3) is 0.647. The zero-order valence-electron chi connectivity index (χ0n) is 12.3. The SMILES string of the molecule is Cc1ccc(OCC(O)CN2CC3CCCC3C2)cc1. The second-order valence-electron chi connectivity index (χ2n) is 6.45. The van der Waals surface area contributed by atoms with E-state index in [1.165, 1.54) is 37.9 Å². The second-order valence-corrected chi connectivity index (χ2v) is 6.45. The van der Waals surface area contributed by atoms with Crippen LogP contribution in [0.4, 0.5) is 0 Å². The van der Waals surface area contributed by atoms with Crippen LogP contribution >= 0.6 is 0 Å². The van der Waals surface area contributed by atoms with Crippen LogP contribution in [0, 0.1) is 18.8 Å². The van der Waals surface area contributed by atoms with Crippen molar-refractivity contribution >= 4 is 0 Å². The number of likely N-dealkylation sites (tertiary alicyclic amines) is 1. The Bertz CT molecular complexity index is 419. The summed E-state index contributed by atoms with van der Waals surface area (Å²) in [4.78, 5) is 2.41. The van der Waals surface area contributed by atoms with Crippen LogP contribution in [-0.2, 0) is 0 Å². The topological polar surface area (TPSA) is 32.7 Å². The summed E-state index contributed by atoms with van der Waals surface area (Å²) in [6, 6.07) is 7.98. The van der Waals surface area contributed by atoms with Crippen LogP contribution in [0.1, 0.15) is 24.8 Å². The van der Waals surface area contributed by atoms with Gasteiger partial charge in [0.05, 0.1) is 0 Å². The standard InChI is InChI=1S/C17H25NO2/c1-13-5-7-17(8-6-13)20-12-16(19)11-18-9-14-3-2-4-15(14)10-18/h5-8,14-16,19H,2-4,9-12H2,1H3. The van der Waals surface area contributed by atoms with Gasteiger partial charge in [-0.1, -0.05) is 24.1 Å². The van der Waals surface area contributed by atoms with Crippen molar-refractivity contribution in [2.75, 3.05) is 26.2 Å². The van der Waals surface area contributed by atoms with E-state index in [-0.39, 0.29) is 0 Å². The van der Waals surface area contributed by atoms with Gasteiger partial charge in [0.2, 0.25) is 0 Å². The predicted molar refractivity (Wildman–Crippen MR) is 80.0 cm³/mol. The van der Waals surface area contributed by atoms with Crippen molar-refractivity contribution in [1.29, 1.82) is 0 Å². The lowest BCUT2D eigenvalue weighted by Gasteiger charge is -2.21. The number of nitrogens with zero attached hydrogens (tertiary/aromatic N) is 1. The first kappa shape index (κ1) is 13.9. The Morgan fingerprint density at radius 2 is 1.85 bits per heavy atom. The van der Waals surface area contributed by atoms with Crippen molar-refractivity contribution in [1.82, 2.24) is 4.90 Å². The van der Waals surface area contributed by atoms with E-state index in [9.17, 15) is 5.11 Å². The fourth-order valence-electron chi connectivity index (χ4n) is 3.66. The highest BCUT2D eigenvalue weighted by atomic mass is 16.5. The van der Waals surface area contributed by atoms with Gasteiger partial charge in [-0.05, 0) is 43.7 Å². The lowest BCUT2D eigenvalue weighted by molar-refractivity contribution is 0.0734. The molecule has 1 aromatic carbocycles. The number of ether oxygens (including phenoxy) is 1. The normalized spacial score (nSPS) is 27.5. The first-order chi connectivity index (χ1) is 9.70. The van der Waals surface area contributed by atoms with Crippen molar-refractivity contribution < 1.29 is 9.84 Å². The lowest BCUT2D eigenvalue weighted by atomic mass is 10.0. The number of aliphatic hydroxyl groups is 1. The third kappa shape index (κ3) is 3.33. The molecule has 3 nitrogen and oxygen atoms in total. The Labute approximate surface area is 121 Å². The van der Waals surface area contributed by atoms with Gasteiger partial charge in [-0.3, -0.25) is 0 Å². The summed E-state index contributed by atoms with van der Waals surface area (Å²) >= 11 is 0. The molecule has 1 heterocycles. The van der Waals surface area contributed by atoms with Gasteiger partial charge in [0, 0.05) is 19.6 Å². The molecule has 1 saturated carbocycles. The zero-order valence-corrected chi connectivity index (χ0v) is 12.3. The van der Waals surface area contributed by atoms with Crippen LogP contribution in [0.2, 0.25) is 0 Å². The summed E-state index contributed by atoms with van der Waals surface area (Å²) in [5.74, 6) is 2.62. The molecule has 0 aromatic heterocycles. The van der Waals surface area contributed by atoms with E-state index in [2.05, 4.69) is 11.8 Å². The molecule has 3 atom stereocenters. The summed E-state index contributed by atoms with van der Waals surface area (Å²) in [5.41, 5.74) is 1.22. The first-order valence-corrected chi connectivity index (χ1v) is 7.80. The Morgan fingerprint density at radius 3 is 2.50 bits per heavy atom. The van der Waals surface area contributed by atoms with Crippen LogP contribution in [-0.4, -0.2) is 42.4 Å². The molecule has 1 aliphatic carbocycles. The third-order valence-electron chi connectivity index (χ3n) is 4.73. The predicted octanol–water partition coefficient (Wildman–Crippen LogP) is 2.47. The summed E-state index contributed by atoms with van der Waals surface area (Å²) in [6.45, 7) is 5.54. The number of benzene rings is 1. The van der Waals surface area contributed by atoms with Crippen molar-refractivity contribution in [3.63, 3.8) is 0 Å².